The van der Waals surface area contributed by atoms with Crippen molar-refractivity contribution in [1.29, 1.82) is 0 Å². The second kappa shape index (κ2) is 44.8. The van der Waals surface area contributed by atoms with Gasteiger partial charge in [-0.25, -0.2) is 0 Å². The third-order valence-corrected chi connectivity index (χ3v) is 11.6. The maximum Gasteiger partial charge on any atom is 0.305 e. The Hall–Kier alpha value is -3.80. The molecule has 4 N–H and O–H groups in total. The Labute approximate surface area is 390 Å². The van der Waals surface area contributed by atoms with Crippen molar-refractivity contribution in [2.24, 2.45) is 5.41 Å². The van der Waals surface area contributed by atoms with E-state index in [9.17, 15) is 24.3 Å². The van der Waals surface area contributed by atoms with Gasteiger partial charge in [-0.05, 0) is 96.3 Å². The molecule has 0 aliphatic rings. The van der Waals surface area contributed by atoms with E-state index in [2.05, 4.69) is 139 Å². The van der Waals surface area contributed by atoms with Crippen LogP contribution < -0.4 is 16.0 Å². The zero-order valence-electron chi connectivity index (χ0n) is 39.2. The maximum absolute atomic E-state index is 12.6. The number of amides is 3. The number of esters is 1. The molecule has 354 valence electrons. The van der Waals surface area contributed by atoms with E-state index in [1.54, 1.807) is 35.4 Å². The largest absolute Gasteiger partial charge is 0.465 e. The van der Waals surface area contributed by atoms with Gasteiger partial charge in [0.25, 0.3) is 0 Å². The van der Waals surface area contributed by atoms with Crippen LogP contribution in [0.1, 0.15) is 143 Å². The molecule has 0 aliphatic heterocycles. The Morgan fingerprint density at radius 1 is 0.508 bits per heavy atom. The molecule has 11 heteroatoms. The van der Waals surface area contributed by atoms with Crippen molar-refractivity contribution < 1.29 is 29.0 Å². The summed E-state index contributed by atoms with van der Waals surface area (Å²) in [6, 6.07) is 0. The van der Waals surface area contributed by atoms with Crippen LogP contribution in [0.4, 0.5) is 0 Å². The van der Waals surface area contributed by atoms with Crippen LogP contribution in [0.15, 0.2) is 109 Å². The first-order valence-electron chi connectivity index (χ1n) is 23.4. The highest BCUT2D eigenvalue weighted by molar-refractivity contribution is 8.76. The molecule has 0 heterocycles. The Balaban J connectivity index is 3.83. The van der Waals surface area contributed by atoms with Crippen LogP contribution in [0.3, 0.4) is 0 Å². The van der Waals surface area contributed by atoms with Crippen molar-refractivity contribution in [2.75, 3.05) is 37.7 Å². The third-order valence-electron chi connectivity index (χ3n) is 9.22. The summed E-state index contributed by atoms with van der Waals surface area (Å²) < 4.78 is 5.38. The van der Waals surface area contributed by atoms with E-state index in [4.69, 9.17) is 4.74 Å². The molecule has 0 aliphatic carbocycles. The first-order valence-corrected chi connectivity index (χ1v) is 25.9. The maximum atomic E-state index is 12.6. The molecule has 3 amide bonds. The molecule has 0 saturated carbocycles. The predicted molar refractivity (Wildman–Crippen MR) is 271 cm³/mol. The summed E-state index contributed by atoms with van der Waals surface area (Å²) in [5, 5.41) is 19.0. The minimum absolute atomic E-state index is 0.0671. The van der Waals surface area contributed by atoms with Gasteiger partial charge in [-0.1, -0.05) is 159 Å². The summed E-state index contributed by atoms with van der Waals surface area (Å²) in [6.45, 7) is 8.69. The Kier molecular flexibility index (Phi) is 42.1. The SMILES string of the molecule is CCC=CCC=CCC=CCC=CCC=CCCCC(=O)NCCSSCCNC(=O)CCNC(=O)C(O)C(C)(C)COC(=O)CCCC=CCCCC=CCC=CCC=CCC. The Morgan fingerprint density at radius 3 is 1.35 bits per heavy atom. The van der Waals surface area contributed by atoms with E-state index < -0.39 is 17.4 Å². The second-order valence-electron chi connectivity index (χ2n) is 15.6. The van der Waals surface area contributed by atoms with E-state index in [1.165, 1.54) is 0 Å². The van der Waals surface area contributed by atoms with Crippen molar-refractivity contribution >= 4 is 45.3 Å². The summed E-state index contributed by atoms with van der Waals surface area (Å²) >= 11 is 0. The number of hydrogen-bond acceptors (Lipinski definition) is 8. The van der Waals surface area contributed by atoms with Gasteiger partial charge in [0.1, 0.15) is 6.10 Å². The van der Waals surface area contributed by atoms with Crippen LogP contribution in [-0.2, 0) is 23.9 Å². The van der Waals surface area contributed by atoms with Gasteiger partial charge in [0.2, 0.25) is 17.7 Å². The molecule has 0 aromatic rings. The zero-order chi connectivity index (χ0) is 46.3. The van der Waals surface area contributed by atoms with Crippen LogP contribution in [0.25, 0.3) is 0 Å². The van der Waals surface area contributed by atoms with Gasteiger partial charge in [-0.3, -0.25) is 19.2 Å². The highest BCUT2D eigenvalue weighted by Gasteiger charge is 2.35. The highest BCUT2D eigenvalue weighted by atomic mass is 33.1. The number of allylic oxidation sites excluding steroid dienone is 18. The number of nitrogens with one attached hydrogen (secondary N) is 3. The lowest BCUT2D eigenvalue weighted by Crippen LogP contribution is -2.47. The normalized spacial score (nSPS) is 13.2. The quantitative estimate of drug-likeness (QED) is 0.0207. The number of hydrogen-bond donors (Lipinski definition) is 4. The van der Waals surface area contributed by atoms with Gasteiger partial charge in [0.15, 0.2) is 0 Å². The van der Waals surface area contributed by atoms with Crippen molar-refractivity contribution in [3.63, 3.8) is 0 Å². The molecule has 0 bridgehead atoms. The summed E-state index contributed by atoms with van der Waals surface area (Å²) in [4.78, 5) is 49.2. The lowest BCUT2D eigenvalue weighted by Gasteiger charge is -2.29. The first kappa shape index (κ1) is 59.2. The van der Waals surface area contributed by atoms with Crippen LogP contribution >= 0.6 is 21.6 Å². The van der Waals surface area contributed by atoms with E-state index in [1.807, 2.05) is 0 Å². The molecular formula is C52H83N3O6S2. The zero-order valence-corrected chi connectivity index (χ0v) is 40.9. The highest BCUT2D eigenvalue weighted by Crippen LogP contribution is 2.22. The monoisotopic (exact) mass is 910 g/mol. The molecule has 9 nitrogen and oxygen atoms in total. The number of ether oxygens (including phenoxy) is 1. The lowest BCUT2D eigenvalue weighted by atomic mass is 9.87. The second-order valence-corrected chi connectivity index (χ2v) is 18.3. The average molecular weight is 910 g/mol. The predicted octanol–water partition coefficient (Wildman–Crippen LogP) is 11.7. The lowest BCUT2D eigenvalue weighted by molar-refractivity contribution is -0.153. The molecule has 0 spiro atoms. The van der Waals surface area contributed by atoms with E-state index in [0.29, 0.717) is 31.7 Å². The summed E-state index contributed by atoms with van der Waals surface area (Å²) in [6.07, 6.45) is 53.0. The molecule has 0 radical (unpaired) electrons. The molecule has 0 rings (SSSR count). The number of carbonyl (C=O) groups excluding carboxylic acids is 4. The van der Waals surface area contributed by atoms with Crippen molar-refractivity contribution in [3.8, 4) is 0 Å². The fourth-order valence-corrected chi connectivity index (χ4v) is 7.27. The summed E-state index contributed by atoms with van der Waals surface area (Å²) in [5.74, 6) is 0.387. The summed E-state index contributed by atoms with van der Waals surface area (Å²) in [7, 11) is 3.27. The van der Waals surface area contributed by atoms with E-state index in [0.717, 1.165) is 95.6 Å². The molecule has 0 fully saturated rings. The number of carbonyl (C=O) groups is 4. The van der Waals surface area contributed by atoms with Crippen LogP contribution in [0.5, 0.6) is 0 Å². The minimum atomic E-state index is -1.40. The molecule has 0 saturated heterocycles. The van der Waals surface area contributed by atoms with E-state index in [-0.39, 0.29) is 43.8 Å². The molecule has 1 unspecified atom stereocenters. The first-order chi connectivity index (χ1) is 30.6. The number of unbranched alkanes of at least 4 members (excludes halogenated alkanes) is 4. The number of aliphatic hydroxyl groups excluding tert-OH is 1. The average Bonchev–Trinajstić information content (AvgIpc) is 3.27. The topological polar surface area (TPSA) is 134 Å². The van der Waals surface area contributed by atoms with E-state index >= 15 is 0 Å². The van der Waals surface area contributed by atoms with Crippen LogP contribution in [0.2, 0.25) is 0 Å². The van der Waals surface area contributed by atoms with Crippen LogP contribution in [-0.4, -0.2) is 72.6 Å². The standard InChI is InChI=1S/C52H83N3O6S2/c1-5-7-9-11-13-15-17-19-21-23-24-26-28-30-32-34-36-38-47(56)53-42-44-62-63-45-43-54-48(57)40-41-55-51(60)50(59)52(3,4)46-61-49(58)39-37-35-33-31-29-27-25-22-20-18-16-14-12-10-8-6-2/h7-10,13-16,19-22,24,26,30-33,50,59H,5-6,11-12,17-18,23,25,27-29,34-46H2,1-4H3,(H,53,56)(H,54,57)(H,55,60). The Bertz CT molecular complexity index is 1460. The molecule has 0 aromatic carbocycles. The molecule has 1 atom stereocenters. The van der Waals surface area contributed by atoms with Gasteiger partial charge in [0, 0.05) is 55.8 Å². The van der Waals surface area contributed by atoms with Crippen molar-refractivity contribution in [3.05, 3.63) is 109 Å². The summed E-state index contributed by atoms with van der Waals surface area (Å²) in [5.41, 5.74) is -0.992. The number of rotatable bonds is 40. The molecular weight excluding hydrogens is 827 g/mol. The van der Waals surface area contributed by atoms with Gasteiger partial charge < -0.3 is 25.8 Å². The smallest absolute Gasteiger partial charge is 0.305 e. The fraction of sp³-hybridized carbons (Fsp3) is 0.577. The van der Waals surface area contributed by atoms with Gasteiger partial charge in [-0.2, -0.15) is 0 Å². The van der Waals surface area contributed by atoms with Crippen LogP contribution in [0, 0.1) is 5.41 Å². The van der Waals surface area contributed by atoms with Gasteiger partial charge in [-0.15, -0.1) is 0 Å². The molecule has 63 heavy (non-hydrogen) atoms. The fourth-order valence-electron chi connectivity index (χ4n) is 5.46. The molecule has 0 aromatic heterocycles. The number of aliphatic hydroxyl groups is 1. The van der Waals surface area contributed by atoms with Crippen molar-refractivity contribution in [2.45, 2.75) is 149 Å². The van der Waals surface area contributed by atoms with Crippen molar-refractivity contribution in [1.82, 2.24) is 16.0 Å². The van der Waals surface area contributed by atoms with Gasteiger partial charge in [0.05, 0.1) is 6.61 Å². The third kappa shape index (κ3) is 41.9. The minimum Gasteiger partial charge on any atom is -0.465 e. The Morgan fingerprint density at radius 2 is 0.889 bits per heavy atom. The van der Waals surface area contributed by atoms with Gasteiger partial charge >= 0.3 is 5.97 Å².